The molecule has 1 aliphatic heterocycles. The Labute approximate surface area is 203 Å². The van der Waals surface area contributed by atoms with Crippen LogP contribution >= 0.6 is 11.3 Å². The molecule has 0 atom stereocenters. The average Bonchev–Trinajstić information content (AvgIpc) is 3.56. The molecule has 1 saturated heterocycles. The van der Waals surface area contributed by atoms with Gasteiger partial charge >= 0.3 is 6.03 Å². The number of nitrogens with one attached hydrogen (secondary N) is 2. The number of amides is 2. The van der Waals surface area contributed by atoms with Gasteiger partial charge in [0.1, 0.15) is 11.5 Å². The number of imidazole rings is 1. The highest BCUT2D eigenvalue weighted by atomic mass is 32.1. The quantitative estimate of drug-likeness (QED) is 0.540. The summed E-state index contributed by atoms with van der Waals surface area (Å²) in [6, 6.07) is 6.89. The van der Waals surface area contributed by atoms with Crippen molar-refractivity contribution >= 4 is 33.3 Å². The summed E-state index contributed by atoms with van der Waals surface area (Å²) in [6.07, 6.45) is 4.72. The summed E-state index contributed by atoms with van der Waals surface area (Å²) in [5, 5.41) is 12.5. The van der Waals surface area contributed by atoms with E-state index in [0.29, 0.717) is 31.6 Å². The lowest BCUT2D eigenvalue weighted by Gasteiger charge is -2.34. The Morgan fingerprint density at radius 1 is 1.15 bits per heavy atom. The first-order chi connectivity index (χ1) is 16.5. The van der Waals surface area contributed by atoms with Crippen molar-refractivity contribution in [3.8, 4) is 11.3 Å². The van der Waals surface area contributed by atoms with Crippen molar-refractivity contribution in [2.45, 2.75) is 45.6 Å². The van der Waals surface area contributed by atoms with E-state index < -0.39 is 0 Å². The summed E-state index contributed by atoms with van der Waals surface area (Å²) in [6.45, 7) is 7.68. The van der Waals surface area contributed by atoms with E-state index in [1.165, 1.54) is 25.0 Å². The van der Waals surface area contributed by atoms with Crippen LogP contribution in [0.15, 0.2) is 24.3 Å². The summed E-state index contributed by atoms with van der Waals surface area (Å²) in [4.78, 5) is 22.2. The third kappa shape index (κ3) is 4.82. The second-order valence-corrected chi connectivity index (χ2v) is 10.5. The molecule has 182 valence electrons. The van der Waals surface area contributed by atoms with Gasteiger partial charge in [0.05, 0.1) is 0 Å². The number of nitrogens with zero attached hydrogens (tertiary/aromatic N) is 5. The van der Waals surface area contributed by atoms with Gasteiger partial charge in [-0.15, -0.1) is 5.10 Å². The maximum Gasteiger partial charge on any atom is 0.317 e. The van der Waals surface area contributed by atoms with Gasteiger partial charge in [0.25, 0.3) is 0 Å². The van der Waals surface area contributed by atoms with Crippen molar-refractivity contribution in [2.75, 3.05) is 42.9 Å². The topological polar surface area (TPSA) is 77.8 Å². The van der Waals surface area contributed by atoms with Gasteiger partial charge in [0, 0.05) is 44.3 Å². The van der Waals surface area contributed by atoms with E-state index in [1.807, 2.05) is 9.42 Å². The highest BCUT2D eigenvalue weighted by molar-refractivity contribution is 7.20. The minimum Gasteiger partial charge on any atom is -0.365 e. The van der Waals surface area contributed by atoms with Crippen LogP contribution < -0.4 is 15.5 Å². The molecular weight excluding hydrogens is 453 g/mol. The van der Waals surface area contributed by atoms with E-state index in [-0.39, 0.29) is 11.8 Å². The monoisotopic (exact) mass is 485 g/mol. The van der Waals surface area contributed by atoms with Gasteiger partial charge in [-0.05, 0) is 43.0 Å². The standard InChI is InChI=1S/C24H32FN7OS/c1-16(2)15-26-22(33)30-11-13-31(14-12-30)24-29-32-21(27-19-5-3-4-6-19)20(28-23(32)34-24)17-7-9-18(25)10-8-17/h7-10,16,19,27H,3-6,11-15H2,1-2H3,(H,26,33). The zero-order valence-electron chi connectivity index (χ0n) is 19.8. The van der Waals surface area contributed by atoms with Crippen LogP contribution in [-0.2, 0) is 0 Å². The van der Waals surface area contributed by atoms with Crippen LogP contribution in [0.3, 0.4) is 0 Å². The molecule has 3 aromatic rings. The number of hydrogen-bond donors (Lipinski definition) is 2. The largest absolute Gasteiger partial charge is 0.365 e. The van der Waals surface area contributed by atoms with Crippen LogP contribution in [0.2, 0.25) is 0 Å². The van der Waals surface area contributed by atoms with Gasteiger partial charge in [-0.3, -0.25) is 0 Å². The molecule has 1 saturated carbocycles. The number of rotatable bonds is 6. The van der Waals surface area contributed by atoms with Crippen molar-refractivity contribution in [3.63, 3.8) is 0 Å². The molecule has 1 aromatic carbocycles. The molecule has 8 nitrogen and oxygen atoms in total. The number of piperazine rings is 1. The van der Waals surface area contributed by atoms with E-state index in [0.717, 1.165) is 53.1 Å². The molecule has 2 N–H and O–H groups in total. The van der Waals surface area contributed by atoms with Crippen LogP contribution in [0.1, 0.15) is 39.5 Å². The predicted molar refractivity (Wildman–Crippen MR) is 134 cm³/mol. The highest BCUT2D eigenvalue weighted by Gasteiger charge is 2.26. The Morgan fingerprint density at radius 2 is 1.85 bits per heavy atom. The van der Waals surface area contributed by atoms with Crippen molar-refractivity contribution in [1.29, 1.82) is 0 Å². The summed E-state index contributed by atoms with van der Waals surface area (Å²) in [5.41, 5.74) is 1.69. The summed E-state index contributed by atoms with van der Waals surface area (Å²) >= 11 is 1.55. The number of anilines is 2. The fraction of sp³-hybridized carbons (Fsp3) is 0.542. The van der Waals surface area contributed by atoms with Gasteiger partial charge in [0.15, 0.2) is 5.82 Å². The molecule has 1 aliphatic carbocycles. The third-order valence-electron chi connectivity index (χ3n) is 6.51. The second kappa shape index (κ2) is 9.77. The molecule has 5 rings (SSSR count). The molecule has 2 aliphatic rings. The first-order valence-corrected chi connectivity index (χ1v) is 13.0. The molecule has 10 heteroatoms. The molecule has 0 radical (unpaired) electrons. The van der Waals surface area contributed by atoms with E-state index in [9.17, 15) is 9.18 Å². The molecule has 0 bridgehead atoms. The highest BCUT2D eigenvalue weighted by Crippen LogP contribution is 2.35. The maximum atomic E-state index is 13.5. The van der Waals surface area contributed by atoms with Gasteiger partial charge in [-0.25, -0.2) is 14.2 Å². The summed E-state index contributed by atoms with van der Waals surface area (Å²) in [5.74, 6) is 1.05. The van der Waals surface area contributed by atoms with Crippen LogP contribution in [0.5, 0.6) is 0 Å². The Balaban J connectivity index is 1.35. The predicted octanol–water partition coefficient (Wildman–Crippen LogP) is 4.44. The summed E-state index contributed by atoms with van der Waals surface area (Å²) < 4.78 is 15.4. The normalized spacial score (nSPS) is 17.2. The number of aromatic nitrogens is 3. The van der Waals surface area contributed by atoms with Crippen LogP contribution in [0.25, 0.3) is 16.2 Å². The minimum absolute atomic E-state index is 0.00859. The van der Waals surface area contributed by atoms with Crippen LogP contribution in [0, 0.1) is 11.7 Å². The average molecular weight is 486 g/mol. The fourth-order valence-electron chi connectivity index (χ4n) is 4.57. The molecule has 34 heavy (non-hydrogen) atoms. The van der Waals surface area contributed by atoms with Crippen molar-refractivity contribution in [2.24, 2.45) is 5.92 Å². The van der Waals surface area contributed by atoms with E-state index in [1.54, 1.807) is 23.5 Å². The van der Waals surface area contributed by atoms with Crippen LogP contribution in [-0.4, -0.2) is 64.3 Å². The molecule has 2 fully saturated rings. The van der Waals surface area contributed by atoms with Gasteiger partial charge in [-0.2, -0.15) is 4.52 Å². The first kappa shape index (κ1) is 22.9. The lowest BCUT2D eigenvalue weighted by atomic mass is 10.1. The SMILES string of the molecule is CC(C)CNC(=O)N1CCN(c2nn3c(NC4CCCC4)c(-c4ccc(F)cc4)nc3s2)CC1. The molecule has 2 aromatic heterocycles. The Morgan fingerprint density at radius 3 is 2.53 bits per heavy atom. The molecular formula is C24H32FN7OS. The Kier molecular flexibility index (Phi) is 6.58. The molecule has 0 spiro atoms. The van der Waals surface area contributed by atoms with Crippen LogP contribution in [0.4, 0.5) is 20.1 Å². The summed E-state index contributed by atoms with van der Waals surface area (Å²) in [7, 11) is 0. The maximum absolute atomic E-state index is 13.5. The van der Waals surface area contributed by atoms with E-state index >= 15 is 0 Å². The lowest BCUT2D eigenvalue weighted by Crippen LogP contribution is -2.52. The van der Waals surface area contributed by atoms with Gasteiger partial charge in [0.2, 0.25) is 10.1 Å². The van der Waals surface area contributed by atoms with Gasteiger partial charge < -0.3 is 20.4 Å². The second-order valence-electron chi connectivity index (χ2n) is 9.57. The number of urea groups is 1. The van der Waals surface area contributed by atoms with Gasteiger partial charge in [-0.1, -0.05) is 38.0 Å². The van der Waals surface area contributed by atoms with Crippen molar-refractivity contribution in [1.82, 2.24) is 24.8 Å². The van der Waals surface area contributed by atoms with E-state index in [2.05, 4.69) is 29.4 Å². The zero-order chi connectivity index (χ0) is 23.7. The lowest BCUT2D eigenvalue weighted by molar-refractivity contribution is 0.193. The first-order valence-electron chi connectivity index (χ1n) is 12.2. The molecule has 3 heterocycles. The number of benzene rings is 1. The smallest absolute Gasteiger partial charge is 0.317 e. The number of hydrogen-bond acceptors (Lipinski definition) is 6. The Hall–Kier alpha value is -2.88. The minimum atomic E-state index is -0.257. The van der Waals surface area contributed by atoms with E-state index in [4.69, 9.17) is 10.1 Å². The third-order valence-corrected chi connectivity index (χ3v) is 7.47. The molecule has 2 amide bonds. The molecule has 0 unspecified atom stereocenters. The van der Waals surface area contributed by atoms with Crippen molar-refractivity contribution < 1.29 is 9.18 Å². The number of carbonyl (C=O) groups is 1. The van der Waals surface area contributed by atoms with Crippen molar-refractivity contribution in [3.05, 3.63) is 30.1 Å². The number of fused-ring (bicyclic) bond motifs is 1. The zero-order valence-corrected chi connectivity index (χ0v) is 20.6. The number of carbonyl (C=O) groups excluding carboxylic acids is 1. The fourth-order valence-corrected chi connectivity index (χ4v) is 5.53. The number of halogens is 1. The Bertz CT molecular complexity index is 1130.